The van der Waals surface area contributed by atoms with Crippen molar-refractivity contribution in [1.29, 1.82) is 5.26 Å². The molecule has 0 saturated heterocycles. The van der Waals surface area contributed by atoms with Gasteiger partial charge in [0.25, 0.3) is 0 Å². The normalized spacial score (nSPS) is 14.7. The molecule has 0 bridgehead atoms. The second-order valence-electron chi connectivity index (χ2n) is 5.17. The molecule has 0 radical (unpaired) electrons. The summed E-state index contributed by atoms with van der Waals surface area (Å²) in [4.78, 5) is 16.3. The predicted molar refractivity (Wildman–Crippen MR) is 91.3 cm³/mol. The number of nitriles is 1. The summed E-state index contributed by atoms with van der Waals surface area (Å²) in [6.45, 7) is 0. The molecular formula is C19H14N2O4. The number of hydrogen-bond donors (Lipinski definition) is 0. The molecule has 6 heteroatoms. The molecule has 1 aliphatic rings. The number of benzene rings is 2. The molecule has 0 spiro atoms. The van der Waals surface area contributed by atoms with Crippen LogP contribution in [0.3, 0.4) is 0 Å². The van der Waals surface area contributed by atoms with Gasteiger partial charge in [-0.15, -0.1) is 0 Å². The number of methoxy groups -OCH3 is 2. The standard InChI is InChI=1S/C19H14N2O4/c1-23-15-8-14(9-16(10-15)24-2)18-21-17(19(22)25-18)7-12-4-3-5-13(6-12)11-20/h3-10H,1-2H3. The fraction of sp³-hybridized carbons (Fsp3) is 0.105. The molecular weight excluding hydrogens is 320 g/mol. The molecule has 3 rings (SSSR count). The largest absolute Gasteiger partial charge is 0.497 e. The van der Waals surface area contributed by atoms with Crippen molar-refractivity contribution in [3.63, 3.8) is 0 Å². The molecule has 0 aliphatic carbocycles. The first kappa shape index (κ1) is 16.3. The summed E-state index contributed by atoms with van der Waals surface area (Å²) in [5.41, 5.74) is 1.92. The molecule has 2 aromatic rings. The van der Waals surface area contributed by atoms with E-state index < -0.39 is 5.97 Å². The molecule has 124 valence electrons. The third-order valence-corrected chi connectivity index (χ3v) is 3.54. The van der Waals surface area contributed by atoms with Gasteiger partial charge in [-0.05, 0) is 35.9 Å². The van der Waals surface area contributed by atoms with Gasteiger partial charge < -0.3 is 14.2 Å². The van der Waals surface area contributed by atoms with Gasteiger partial charge in [-0.2, -0.15) is 5.26 Å². The smallest absolute Gasteiger partial charge is 0.363 e. The fourth-order valence-electron chi connectivity index (χ4n) is 2.32. The van der Waals surface area contributed by atoms with Crippen molar-refractivity contribution < 1.29 is 19.0 Å². The van der Waals surface area contributed by atoms with Crippen LogP contribution in [0.25, 0.3) is 6.08 Å². The quantitative estimate of drug-likeness (QED) is 0.634. The fourth-order valence-corrected chi connectivity index (χ4v) is 2.32. The summed E-state index contributed by atoms with van der Waals surface area (Å²) in [6, 6.07) is 14.0. The number of esters is 1. The van der Waals surface area contributed by atoms with Gasteiger partial charge in [0.05, 0.1) is 25.9 Å². The minimum absolute atomic E-state index is 0.159. The topological polar surface area (TPSA) is 80.9 Å². The predicted octanol–water partition coefficient (Wildman–Crippen LogP) is 2.92. The van der Waals surface area contributed by atoms with Crippen LogP contribution in [0.15, 0.2) is 53.2 Å². The highest BCUT2D eigenvalue weighted by molar-refractivity contribution is 6.13. The van der Waals surface area contributed by atoms with E-state index in [4.69, 9.17) is 19.5 Å². The van der Waals surface area contributed by atoms with Crippen molar-refractivity contribution in [2.24, 2.45) is 4.99 Å². The Hall–Kier alpha value is -3.59. The third kappa shape index (κ3) is 3.51. The van der Waals surface area contributed by atoms with E-state index in [0.717, 1.165) is 0 Å². The van der Waals surface area contributed by atoms with Crippen LogP contribution >= 0.6 is 0 Å². The first-order chi connectivity index (χ1) is 12.1. The molecule has 0 N–H and O–H groups in total. The van der Waals surface area contributed by atoms with Gasteiger partial charge >= 0.3 is 5.97 Å². The summed E-state index contributed by atoms with van der Waals surface area (Å²) in [7, 11) is 3.07. The summed E-state index contributed by atoms with van der Waals surface area (Å²) < 4.78 is 15.7. The van der Waals surface area contributed by atoms with E-state index in [1.807, 2.05) is 0 Å². The molecule has 0 saturated carbocycles. The molecule has 2 aromatic carbocycles. The molecule has 0 fully saturated rings. The van der Waals surface area contributed by atoms with Crippen molar-refractivity contribution >= 4 is 17.9 Å². The van der Waals surface area contributed by atoms with Gasteiger partial charge in [0.2, 0.25) is 5.90 Å². The Balaban J connectivity index is 1.97. The number of carbonyl (C=O) groups is 1. The zero-order valence-electron chi connectivity index (χ0n) is 13.6. The number of rotatable bonds is 4. The molecule has 1 heterocycles. The van der Waals surface area contributed by atoms with Gasteiger partial charge in [-0.25, -0.2) is 9.79 Å². The number of aliphatic imine (C=N–C) groups is 1. The number of cyclic esters (lactones) is 1. The van der Waals surface area contributed by atoms with Crippen molar-refractivity contribution in [3.05, 3.63) is 64.9 Å². The van der Waals surface area contributed by atoms with Crippen LogP contribution in [0.2, 0.25) is 0 Å². The van der Waals surface area contributed by atoms with E-state index in [2.05, 4.69) is 11.1 Å². The molecule has 0 atom stereocenters. The Morgan fingerprint density at radius 2 is 1.84 bits per heavy atom. The van der Waals surface area contributed by atoms with Crippen LogP contribution in [0.4, 0.5) is 0 Å². The lowest BCUT2D eigenvalue weighted by Gasteiger charge is -2.07. The molecule has 0 unspecified atom stereocenters. The van der Waals surface area contributed by atoms with Crippen molar-refractivity contribution in [2.45, 2.75) is 0 Å². The second kappa shape index (κ2) is 6.89. The first-order valence-electron chi connectivity index (χ1n) is 7.39. The minimum atomic E-state index is -0.556. The summed E-state index contributed by atoms with van der Waals surface area (Å²) in [5.74, 6) is 0.739. The lowest BCUT2D eigenvalue weighted by atomic mass is 10.1. The maximum absolute atomic E-state index is 12.1. The summed E-state index contributed by atoms with van der Waals surface area (Å²) in [6.07, 6.45) is 1.58. The maximum Gasteiger partial charge on any atom is 0.363 e. The highest BCUT2D eigenvalue weighted by Gasteiger charge is 2.25. The summed E-state index contributed by atoms with van der Waals surface area (Å²) >= 11 is 0. The average Bonchev–Trinajstić information content (AvgIpc) is 3.02. The Kier molecular flexibility index (Phi) is 4.48. The summed E-state index contributed by atoms with van der Waals surface area (Å²) in [5, 5.41) is 8.95. The minimum Gasteiger partial charge on any atom is -0.497 e. The molecule has 0 aromatic heterocycles. The maximum atomic E-state index is 12.1. The number of nitrogens with zero attached hydrogens (tertiary/aromatic N) is 2. The van der Waals surface area contributed by atoms with Gasteiger partial charge in [-0.1, -0.05) is 12.1 Å². The number of hydrogen-bond acceptors (Lipinski definition) is 6. The SMILES string of the molecule is COc1cc(OC)cc(C2=NC(=Cc3cccc(C#N)c3)C(=O)O2)c1. The average molecular weight is 334 g/mol. The van der Waals surface area contributed by atoms with E-state index in [0.29, 0.717) is 28.2 Å². The van der Waals surface area contributed by atoms with Crippen LogP contribution in [0.5, 0.6) is 11.5 Å². The van der Waals surface area contributed by atoms with Gasteiger partial charge in [0.15, 0.2) is 5.70 Å². The Labute approximate surface area is 144 Å². The van der Waals surface area contributed by atoms with Crippen LogP contribution < -0.4 is 9.47 Å². The lowest BCUT2D eigenvalue weighted by molar-refractivity contribution is -0.129. The number of carbonyl (C=O) groups excluding carboxylic acids is 1. The molecule has 0 amide bonds. The van der Waals surface area contributed by atoms with Crippen LogP contribution in [-0.2, 0) is 9.53 Å². The molecule has 25 heavy (non-hydrogen) atoms. The van der Waals surface area contributed by atoms with E-state index in [1.54, 1.807) is 48.5 Å². The van der Waals surface area contributed by atoms with Gasteiger partial charge in [-0.3, -0.25) is 0 Å². The van der Waals surface area contributed by atoms with E-state index in [-0.39, 0.29) is 11.6 Å². The van der Waals surface area contributed by atoms with E-state index in [1.165, 1.54) is 14.2 Å². The first-order valence-corrected chi connectivity index (χ1v) is 7.39. The van der Waals surface area contributed by atoms with E-state index >= 15 is 0 Å². The Morgan fingerprint density at radius 3 is 2.48 bits per heavy atom. The Bertz CT molecular complexity index is 916. The second-order valence-corrected chi connectivity index (χ2v) is 5.17. The van der Waals surface area contributed by atoms with Gasteiger partial charge in [0, 0.05) is 11.6 Å². The van der Waals surface area contributed by atoms with E-state index in [9.17, 15) is 4.79 Å². The van der Waals surface area contributed by atoms with Crippen LogP contribution in [0, 0.1) is 11.3 Å². The Morgan fingerprint density at radius 1 is 1.12 bits per heavy atom. The lowest BCUT2D eigenvalue weighted by Crippen LogP contribution is -2.06. The molecule has 1 aliphatic heterocycles. The van der Waals surface area contributed by atoms with Crippen LogP contribution in [-0.4, -0.2) is 26.1 Å². The van der Waals surface area contributed by atoms with Crippen molar-refractivity contribution in [3.8, 4) is 17.6 Å². The number of ether oxygens (including phenoxy) is 3. The van der Waals surface area contributed by atoms with Crippen molar-refractivity contribution in [1.82, 2.24) is 0 Å². The molecule has 6 nitrogen and oxygen atoms in total. The third-order valence-electron chi connectivity index (χ3n) is 3.54. The van der Waals surface area contributed by atoms with Gasteiger partial charge in [0.1, 0.15) is 11.5 Å². The monoisotopic (exact) mass is 334 g/mol. The highest BCUT2D eigenvalue weighted by Crippen LogP contribution is 2.26. The zero-order chi connectivity index (χ0) is 17.8. The van der Waals surface area contributed by atoms with Crippen LogP contribution in [0.1, 0.15) is 16.7 Å². The van der Waals surface area contributed by atoms with Crippen molar-refractivity contribution in [2.75, 3.05) is 14.2 Å². The zero-order valence-corrected chi connectivity index (χ0v) is 13.6. The highest BCUT2D eigenvalue weighted by atomic mass is 16.6.